The number of esters is 1. The number of carbonyl (C=O) groups excluding carboxylic acids is 1. The summed E-state index contributed by atoms with van der Waals surface area (Å²) in [5, 5.41) is 0. The molecule has 0 aliphatic carbocycles. The van der Waals surface area contributed by atoms with Crippen LogP contribution in [0.5, 0.6) is 5.75 Å². The number of aromatic nitrogens is 2. The van der Waals surface area contributed by atoms with E-state index in [1.165, 1.54) is 19.3 Å². The standard InChI is InChI=1S/C23H32N2O3/c1-4-6-7-8-14-27-21-16-24-23(25-17-21)20-12-10-19(11-13-20)15-18(3)28-22(26)9-5-2/h10-13,16-18H,4-9,14-15H2,1-3H3. The maximum atomic E-state index is 11.6. The first-order chi connectivity index (χ1) is 13.6. The van der Waals surface area contributed by atoms with Crippen molar-refractivity contribution in [1.82, 2.24) is 9.97 Å². The molecule has 0 radical (unpaired) electrons. The van der Waals surface area contributed by atoms with E-state index in [2.05, 4.69) is 16.9 Å². The van der Waals surface area contributed by atoms with Crippen molar-refractivity contribution in [2.24, 2.45) is 0 Å². The lowest BCUT2D eigenvalue weighted by molar-refractivity contribution is -0.148. The van der Waals surface area contributed by atoms with Crippen LogP contribution in [0.15, 0.2) is 36.7 Å². The van der Waals surface area contributed by atoms with Crippen LogP contribution in [-0.4, -0.2) is 28.6 Å². The van der Waals surface area contributed by atoms with E-state index in [4.69, 9.17) is 9.47 Å². The van der Waals surface area contributed by atoms with Crippen molar-refractivity contribution in [2.75, 3.05) is 6.61 Å². The van der Waals surface area contributed by atoms with Crippen LogP contribution in [0.2, 0.25) is 0 Å². The Labute approximate surface area is 168 Å². The molecule has 0 amide bonds. The molecule has 152 valence electrons. The molecule has 5 nitrogen and oxygen atoms in total. The molecule has 0 aliphatic rings. The van der Waals surface area contributed by atoms with Gasteiger partial charge < -0.3 is 9.47 Å². The van der Waals surface area contributed by atoms with Crippen LogP contribution in [0.3, 0.4) is 0 Å². The first-order valence-corrected chi connectivity index (χ1v) is 10.4. The van der Waals surface area contributed by atoms with Crippen molar-refractivity contribution in [3.63, 3.8) is 0 Å². The Morgan fingerprint density at radius 3 is 2.36 bits per heavy atom. The predicted molar refractivity (Wildman–Crippen MR) is 111 cm³/mol. The van der Waals surface area contributed by atoms with Crippen LogP contribution in [0, 0.1) is 0 Å². The Hall–Kier alpha value is -2.43. The van der Waals surface area contributed by atoms with Crippen molar-refractivity contribution in [3.05, 3.63) is 42.2 Å². The molecule has 1 aromatic carbocycles. The lowest BCUT2D eigenvalue weighted by atomic mass is 10.1. The zero-order valence-corrected chi connectivity index (χ0v) is 17.3. The lowest BCUT2D eigenvalue weighted by Crippen LogP contribution is -2.16. The lowest BCUT2D eigenvalue weighted by Gasteiger charge is -2.13. The van der Waals surface area contributed by atoms with Crippen molar-refractivity contribution in [2.45, 2.75) is 71.8 Å². The smallest absolute Gasteiger partial charge is 0.306 e. The van der Waals surface area contributed by atoms with Crippen LogP contribution < -0.4 is 4.74 Å². The van der Waals surface area contributed by atoms with Crippen LogP contribution in [-0.2, 0) is 16.0 Å². The van der Waals surface area contributed by atoms with Gasteiger partial charge in [-0.1, -0.05) is 57.4 Å². The fourth-order valence-electron chi connectivity index (χ4n) is 2.91. The highest BCUT2D eigenvalue weighted by Gasteiger charge is 2.10. The minimum Gasteiger partial charge on any atom is -0.490 e. The van der Waals surface area contributed by atoms with Crippen LogP contribution >= 0.6 is 0 Å². The van der Waals surface area contributed by atoms with Gasteiger partial charge in [0.25, 0.3) is 0 Å². The summed E-state index contributed by atoms with van der Waals surface area (Å²) in [4.78, 5) is 20.4. The molecule has 5 heteroatoms. The van der Waals surface area contributed by atoms with Gasteiger partial charge >= 0.3 is 5.97 Å². The quantitative estimate of drug-likeness (QED) is 0.363. The second kappa shape index (κ2) is 12.1. The topological polar surface area (TPSA) is 61.3 Å². The van der Waals surface area contributed by atoms with E-state index in [-0.39, 0.29) is 12.1 Å². The van der Waals surface area contributed by atoms with Crippen LogP contribution in [0.25, 0.3) is 11.4 Å². The summed E-state index contributed by atoms with van der Waals surface area (Å²) in [6.07, 6.45) is 10.0. The molecular formula is C23H32N2O3. The minimum atomic E-state index is -0.132. The number of carbonyl (C=O) groups is 1. The van der Waals surface area contributed by atoms with Gasteiger partial charge in [0.2, 0.25) is 0 Å². The first kappa shape index (κ1) is 21.9. The highest BCUT2D eigenvalue weighted by molar-refractivity contribution is 5.69. The Morgan fingerprint density at radius 1 is 1.00 bits per heavy atom. The van der Waals surface area contributed by atoms with E-state index in [9.17, 15) is 4.79 Å². The van der Waals surface area contributed by atoms with E-state index in [0.29, 0.717) is 31.0 Å². The highest BCUT2D eigenvalue weighted by Crippen LogP contribution is 2.18. The summed E-state index contributed by atoms with van der Waals surface area (Å²) in [6.45, 7) is 6.80. The molecule has 2 aromatic rings. The van der Waals surface area contributed by atoms with Crippen molar-refractivity contribution in [3.8, 4) is 17.1 Å². The maximum Gasteiger partial charge on any atom is 0.306 e. The number of hydrogen-bond donors (Lipinski definition) is 0. The summed E-state index contributed by atoms with van der Waals surface area (Å²) in [5.74, 6) is 1.25. The van der Waals surface area contributed by atoms with Gasteiger partial charge in [-0.05, 0) is 25.3 Å². The number of rotatable bonds is 12. The van der Waals surface area contributed by atoms with E-state index in [1.54, 1.807) is 12.4 Å². The number of hydrogen-bond acceptors (Lipinski definition) is 5. The van der Waals surface area contributed by atoms with Gasteiger partial charge in [0, 0.05) is 18.4 Å². The third-order valence-corrected chi connectivity index (χ3v) is 4.42. The third-order valence-electron chi connectivity index (χ3n) is 4.42. The molecule has 0 aliphatic heterocycles. The third kappa shape index (κ3) is 7.67. The number of benzene rings is 1. The molecule has 0 N–H and O–H groups in total. The Kier molecular flexibility index (Phi) is 9.46. The molecule has 1 aromatic heterocycles. The fraction of sp³-hybridized carbons (Fsp3) is 0.522. The zero-order chi connectivity index (χ0) is 20.2. The van der Waals surface area contributed by atoms with E-state index in [0.717, 1.165) is 24.0 Å². The van der Waals surface area contributed by atoms with Gasteiger partial charge in [0.05, 0.1) is 19.0 Å². The molecule has 0 bridgehead atoms. The second-order valence-corrected chi connectivity index (χ2v) is 7.10. The average molecular weight is 385 g/mol. The monoisotopic (exact) mass is 384 g/mol. The Balaban J connectivity index is 1.84. The van der Waals surface area contributed by atoms with E-state index in [1.807, 2.05) is 38.1 Å². The maximum absolute atomic E-state index is 11.6. The van der Waals surface area contributed by atoms with E-state index >= 15 is 0 Å². The molecule has 1 heterocycles. The molecule has 1 atom stereocenters. The Bertz CT molecular complexity index is 699. The molecule has 28 heavy (non-hydrogen) atoms. The van der Waals surface area contributed by atoms with E-state index < -0.39 is 0 Å². The van der Waals surface area contributed by atoms with Crippen LogP contribution in [0.1, 0.15) is 64.9 Å². The number of nitrogens with zero attached hydrogens (tertiary/aromatic N) is 2. The van der Waals surface area contributed by atoms with Crippen molar-refractivity contribution < 1.29 is 14.3 Å². The SMILES string of the molecule is CCCCCCOc1cnc(-c2ccc(CC(C)OC(=O)CCC)cc2)nc1. The first-order valence-electron chi connectivity index (χ1n) is 10.4. The van der Waals surface area contributed by atoms with Gasteiger partial charge in [-0.2, -0.15) is 0 Å². The molecule has 1 unspecified atom stereocenters. The minimum absolute atomic E-state index is 0.130. The summed E-state index contributed by atoms with van der Waals surface area (Å²) in [6, 6.07) is 8.05. The second-order valence-electron chi connectivity index (χ2n) is 7.10. The predicted octanol–water partition coefficient (Wildman–Crippen LogP) is 5.38. The van der Waals surface area contributed by atoms with Gasteiger partial charge in [-0.15, -0.1) is 0 Å². The molecule has 0 saturated carbocycles. The summed E-state index contributed by atoms with van der Waals surface area (Å²) < 4.78 is 11.1. The summed E-state index contributed by atoms with van der Waals surface area (Å²) >= 11 is 0. The van der Waals surface area contributed by atoms with Gasteiger partial charge in [0.15, 0.2) is 11.6 Å². The zero-order valence-electron chi connectivity index (χ0n) is 17.3. The molecule has 0 fully saturated rings. The van der Waals surface area contributed by atoms with Crippen molar-refractivity contribution in [1.29, 1.82) is 0 Å². The molecule has 0 saturated heterocycles. The molecular weight excluding hydrogens is 352 g/mol. The normalized spacial score (nSPS) is 11.8. The van der Waals surface area contributed by atoms with Gasteiger partial charge in [0.1, 0.15) is 6.10 Å². The number of unbranched alkanes of at least 4 members (excludes halogenated alkanes) is 3. The highest BCUT2D eigenvalue weighted by atomic mass is 16.5. The Morgan fingerprint density at radius 2 is 1.71 bits per heavy atom. The fourth-order valence-corrected chi connectivity index (χ4v) is 2.91. The molecule has 2 rings (SSSR count). The van der Waals surface area contributed by atoms with Crippen LogP contribution in [0.4, 0.5) is 0 Å². The largest absolute Gasteiger partial charge is 0.490 e. The average Bonchev–Trinajstić information content (AvgIpc) is 2.69. The molecule has 0 spiro atoms. The van der Waals surface area contributed by atoms with Gasteiger partial charge in [-0.25, -0.2) is 9.97 Å². The summed E-state index contributed by atoms with van der Waals surface area (Å²) in [7, 11) is 0. The van der Waals surface area contributed by atoms with Gasteiger partial charge in [-0.3, -0.25) is 4.79 Å². The van der Waals surface area contributed by atoms with Crippen molar-refractivity contribution >= 4 is 5.97 Å². The number of ether oxygens (including phenoxy) is 2. The summed E-state index contributed by atoms with van der Waals surface area (Å²) in [5.41, 5.74) is 2.07.